The van der Waals surface area contributed by atoms with Gasteiger partial charge in [-0.2, -0.15) is 0 Å². The van der Waals surface area contributed by atoms with Gasteiger partial charge in [-0.1, -0.05) is 230 Å². The minimum absolute atomic E-state index is 0.103. The summed E-state index contributed by atoms with van der Waals surface area (Å²) in [7, 11) is 0. The van der Waals surface area contributed by atoms with Gasteiger partial charge in [0, 0.05) is 16.9 Å². The molecule has 0 spiro atoms. The Balaban J connectivity index is 1.03. The summed E-state index contributed by atoms with van der Waals surface area (Å²) in [6.07, 6.45) is 0. The van der Waals surface area contributed by atoms with Crippen molar-refractivity contribution < 1.29 is 5.48 Å². The first-order valence-corrected chi connectivity index (χ1v) is 23.3. The molecule has 0 saturated carbocycles. The number of benzene rings is 12. The van der Waals surface area contributed by atoms with Crippen LogP contribution in [-0.2, 0) is 5.41 Å². The minimum Gasteiger partial charge on any atom is -0.310 e. The van der Waals surface area contributed by atoms with E-state index in [9.17, 15) is 5.48 Å². The Morgan fingerprint density at radius 3 is 1.63 bits per heavy atom. The molecule has 13 rings (SSSR count). The van der Waals surface area contributed by atoms with E-state index in [1.54, 1.807) is 0 Å². The first kappa shape index (κ1) is 35.5. The number of fused-ring (bicyclic) bond motifs is 7. The monoisotopic (exact) mass is 867 g/mol. The summed E-state index contributed by atoms with van der Waals surface area (Å²) in [5.74, 6) is 0. The predicted molar refractivity (Wildman–Crippen MR) is 287 cm³/mol. The first-order valence-electron chi connectivity index (χ1n) is 25.3. The Labute approximate surface area is 403 Å². The fourth-order valence-corrected chi connectivity index (χ4v) is 10.9. The summed E-state index contributed by atoms with van der Waals surface area (Å²) >= 11 is 0. The Morgan fingerprint density at radius 1 is 0.309 bits per heavy atom. The topological polar surface area (TPSA) is 3.24 Å². The molecule has 0 fully saturated rings. The lowest BCUT2D eigenvalue weighted by Gasteiger charge is -2.34. The highest BCUT2D eigenvalue weighted by atomic mass is 15.1. The minimum atomic E-state index is -0.699. The first-order chi connectivity index (χ1) is 35.4. The summed E-state index contributed by atoms with van der Waals surface area (Å²) in [6.45, 7) is 0. The van der Waals surface area contributed by atoms with Gasteiger partial charge >= 0.3 is 0 Å². The van der Waals surface area contributed by atoms with Crippen LogP contribution in [0.25, 0.3) is 76.8 Å². The smallest absolute Gasteiger partial charge is 0.0714 e. The number of rotatable bonds is 8. The molecule has 0 aromatic heterocycles. The van der Waals surface area contributed by atoms with Gasteiger partial charge in [0.05, 0.1) is 16.6 Å². The summed E-state index contributed by atoms with van der Waals surface area (Å²) < 4.78 is 39.6. The Kier molecular flexibility index (Phi) is 8.49. The lowest BCUT2D eigenvalue weighted by molar-refractivity contribution is 0.768. The van der Waals surface area contributed by atoms with Crippen molar-refractivity contribution in [3.8, 4) is 44.5 Å². The van der Waals surface area contributed by atoms with Crippen LogP contribution >= 0.6 is 0 Å². The van der Waals surface area contributed by atoms with Crippen molar-refractivity contribution in [2.24, 2.45) is 0 Å². The van der Waals surface area contributed by atoms with Gasteiger partial charge in [0.2, 0.25) is 0 Å². The molecule has 0 unspecified atom stereocenters. The van der Waals surface area contributed by atoms with Crippen molar-refractivity contribution in [2.45, 2.75) is 5.41 Å². The van der Waals surface area contributed by atoms with Crippen LogP contribution in [0.1, 0.15) is 27.7 Å². The zero-order valence-corrected chi connectivity index (χ0v) is 37.1. The average molecular weight is 868 g/mol. The van der Waals surface area contributed by atoms with E-state index in [-0.39, 0.29) is 35.4 Å². The maximum absolute atomic E-state index is 10.0. The van der Waals surface area contributed by atoms with E-state index in [2.05, 4.69) is 218 Å². The zero-order valence-electron chi connectivity index (χ0n) is 41.1. The van der Waals surface area contributed by atoms with Crippen molar-refractivity contribution >= 4 is 49.4 Å². The van der Waals surface area contributed by atoms with Gasteiger partial charge in [0.1, 0.15) is 0 Å². The van der Waals surface area contributed by atoms with Crippen LogP contribution in [-0.4, -0.2) is 0 Å². The molecule has 0 amide bonds. The van der Waals surface area contributed by atoms with E-state index < -0.39 is 5.41 Å². The summed E-state index contributed by atoms with van der Waals surface area (Å²) in [6, 6.07) is 86.0. The van der Waals surface area contributed by atoms with E-state index in [1.807, 2.05) is 35.2 Å². The third-order valence-corrected chi connectivity index (χ3v) is 14.0. The van der Waals surface area contributed by atoms with Gasteiger partial charge in [-0.3, -0.25) is 0 Å². The van der Waals surface area contributed by atoms with Crippen LogP contribution in [0.2, 0.25) is 0 Å². The molecule has 12 aromatic rings. The highest BCUT2D eigenvalue weighted by Gasteiger charge is 2.47. The van der Waals surface area contributed by atoms with Gasteiger partial charge in [-0.05, 0) is 136 Å². The fraction of sp³-hybridized carbons (Fsp3) is 0.0149. The molecular formula is C67H45N. The van der Waals surface area contributed by atoms with Crippen molar-refractivity contribution in [1.29, 1.82) is 0 Å². The van der Waals surface area contributed by atoms with Gasteiger partial charge in [-0.15, -0.1) is 0 Å². The van der Waals surface area contributed by atoms with Crippen molar-refractivity contribution in [2.75, 3.05) is 4.90 Å². The van der Waals surface area contributed by atoms with Crippen molar-refractivity contribution in [3.63, 3.8) is 0 Å². The number of hydrogen-bond acceptors (Lipinski definition) is 1. The van der Waals surface area contributed by atoms with Crippen LogP contribution < -0.4 is 4.90 Å². The molecule has 1 aliphatic rings. The van der Waals surface area contributed by atoms with Gasteiger partial charge in [0.25, 0.3) is 0 Å². The van der Waals surface area contributed by atoms with E-state index in [1.165, 1.54) is 16.3 Å². The third-order valence-electron chi connectivity index (χ3n) is 14.0. The van der Waals surface area contributed by atoms with Gasteiger partial charge in [-0.25, -0.2) is 0 Å². The SMILES string of the molecule is [2H]c1c([2H])c(N(c2ccc(-c3cccc(-c4cccc5ccccc45)c3)cc2)c2cccc3c2-c2ccccc2C3(c2ccccc2)c2ccccc2)c([2H])c([2H])c1-c1ccc2c(ccc3ccccc32)c1. The van der Waals surface area contributed by atoms with Crippen molar-refractivity contribution in [3.05, 3.63) is 295 Å². The molecule has 318 valence electrons. The zero-order chi connectivity index (χ0) is 48.5. The molecule has 0 heterocycles. The Bertz CT molecular complexity index is 4020. The summed E-state index contributed by atoms with van der Waals surface area (Å²) in [5, 5.41) is 6.68. The molecule has 68 heavy (non-hydrogen) atoms. The maximum Gasteiger partial charge on any atom is 0.0714 e. The largest absolute Gasteiger partial charge is 0.310 e. The second-order valence-corrected chi connectivity index (χ2v) is 17.7. The maximum atomic E-state index is 10.0. The van der Waals surface area contributed by atoms with E-state index in [0.29, 0.717) is 11.3 Å². The quantitative estimate of drug-likeness (QED) is 0.138. The highest BCUT2D eigenvalue weighted by Crippen LogP contribution is 2.59. The van der Waals surface area contributed by atoms with Crippen LogP contribution in [0.15, 0.2) is 273 Å². The normalized spacial score (nSPS) is 13.4. The fourth-order valence-electron chi connectivity index (χ4n) is 10.9. The van der Waals surface area contributed by atoms with Crippen molar-refractivity contribution in [1.82, 2.24) is 0 Å². The summed E-state index contributed by atoms with van der Waals surface area (Å²) in [5.41, 5.74) is 12.6. The molecule has 12 aromatic carbocycles. The third kappa shape index (κ3) is 6.39. The van der Waals surface area contributed by atoms with E-state index in [0.717, 1.165) is 77.3 Å². The molecule has 0 bridgehead atoms. The van der Waals surface area contributed by atoms with Gasteiger partial charge < -0.3 is 4.90 Å². The van der Waals surface area contributed by atoms with E-state index >= 15 is 0 Å². The molecule has 1 nitrogen and oxygen atoms in total. The molecule has 0 atom stereocenters. The number of anilines is 3. The second-order valence-electron chi connectivity index (χ2n) is 17.7. The van der Waals surface area contributed by atoms with Crippen LogP contribution in [0.4, 0.5) is 17.1 Å². The molecule has 0 N–H and O–H groups in total. The number of hydrogen-bond donors (Lipinski definition) is 0. The van der Waals surface area contributed by atoms with Crippen LogP contribution in [0.3, 0.4) is 0 Å². The molecule has 0 aliphatic heterocycles. The van der Waals surface area contributed by atoms with E-state index in [4.69, 9.17) is 0 Å². The predicted octanol–water partition coefficient (Wildman–Crippen LogP) is 18.0. The van der Waals surface area contributed by atoms with Crippen LogP contribution in [0.5, 0.6) is 0 Å². The lowest BCUT2D eigenvalue weighted by atomic mass is 9.68. The lowest BCUT2D eigenvalue weighted by Crippen LogP contribution is -2.28. The Hall–Kier alpha value is -8.78. The molecule has 0 saturated heterocycles. The average Bonchev–Trinajstić information content (AvgIpc) is 3.75. The molecule has 0 radical (unpaired) electrons. The molecule has 1 aliphatic carbocycles. The summed E-state index contributed by atoms with van der Waals surface area (Å²) in [4.78, 5) is 1.97. The van der Waals surface area contributed by atoms with Crippen LogP contribution in [0, 0.1) is 0 Å². The standard InChI is InChI=1S/C67H45N/c1-3-21-54(22-4-1)67(55-23-5-2-6-24-55)63-29-12-11-27-62(63)66-64(67)30-15-31-65(66)68(57-41-36-47(37-42-57)51-38-43-61-53(45-51)33-32-49-17-8-10-26-59(49)61)56-39-34-46(35-40-56)50-19-13-20-52(44-50)60-28-14-18-48-16-7-9-25-58(48)60/h1-45H/i36D,37D,41D,42D. The number of nitrogens with zero attached hydrogens (tertiary/aromatic N) is 1. The highest BCUT2D eigenvalue weighted by molar-refractivity contribution is 6.08. The Morgan fingerprint density at radius 2 is 0.853 bits per heavy atom. The second kappa shape index (κ2) is 16.3. The molecule has 1 heteroatoms. The molecular weight excluding hydrogens is 819 g/mol. The van der Waals surface area contributed by atoms with Gasteiger partial charge in [0.15, 0.2) is 0 Å².